The van der Waals surface area contributed by atoms with Crippen molar-refractivity contribution in [3.05, 3.63) is 65.9 Å². The molecule has 2 heterocycles. The van der Waals surface area contributed by atoms with Crippen LogP contribution in [0.1, 0.15) is 17.3 Å². The highest BCUT2D eigenvalue weighted by atomic mass is 32.1. The third-order valence-corrected chi connectivity index (χ3v) is 4.74. The Balaban J connectivity index is 1.61. The number of carbonyl (C=O) groups excluding carboxylic acids is 1. The first-order chi connectivity index (χ1) is 13.2. The quantitative estimate of drug-likeness (QED) is 0.510. The van der Waals surface area contributed by atoms with E-state index in [4.69, 9.17) is 4.74 Å². The van der Waals surface area contributed by atoms with Crippen LogP contribution in [0.2, 0.25) is 0 Å². The smallest absolute Gasteiger partial charge is 0.343 e. The number of benzene rings is 2. The molecule has 0 saturated heterocycles. The average Bonchev–Trinajstić information content (AvgIpc) is 3.17. The van der Waals surface area contributed by atoms with Crippen molar-refractivity contribution in [1.82, 2.24) is 15.0 Å². The van der Waals surface area contributed by atoms with Crippen molar-refractivity contribution in [2.45, 2.75) is 6.92 Å². The van der Waals surface area contributed by atoms with Gasteiger partial charge in [0.25, 0.3) is 0 Å². The maximum Gasteiger partial charge on any atom is 0.343 e. The molecule has 2 aromatic carbocycles. The Kier molecular flexibility index (Phi) is 4.76. The summed E-state index contributed by atoms with van der Waals surface area (Å²) >= 11 is 1.44. The van der Waals surface area contributed by atoms with Crippen LogP contribution in [-0.2, 0) is 4.74 Å². The van der Waals surface area contributed by atoms with Crippen LogP contribution in [0.3, 0.4) is 0 Å². The standard InChI is InChI=1S/C20H16N4O2S/c1-2-26-19(25)16-10-21-12-22-18(16)24-20-23-17(11-27-20)15-8-7-13-5-3-4-6-14(13)9-15/h3-12H,2H2,1H3,(H,21,22,23,24). The second kappa shape index (κ2) is 7.51. The zero-order valence-electron chi connectivity index (χ0n) is 14.5. The van der Waals surface area contributed by atoms with Gasteiger partial charge in [-0.05, 0) is 23.8 Å². The minimum Gasteiger partial charge on any atom is -0.462 e. The largest absolute Gasteiger partial charge is 0.462 e. The average molecular weight is 376 g/mol. The summed E-state index contributed by atoms with van der Waals surface area (Å²) in [5.74, 6) is -0.0882. The van der Waals surface area contributed by atoms with Crippen molar-refractivity contribution in [2.75, 3.05) is 11.9 Å². The summed E-state index contributed by atoms with van der Waals surface area (Å²) in [7, 11) is 0. The molecule has 0 aliphatic heterocycles. The second-order valence-corrected chi connectivity index (χ2v) is 6.59. The molecule has 0 radical (unpaired) electrons. The molecule has 0 amide bonds. The van der Waals surface area contributed by atoms with Gasteiger partial charge in [0.2, 0.25) is 0 Å². The molecule has 0 bridgehead atoms. The van der Waals surface area contributed by atoms with Crippen molar-refractivity contribution >= 4 is 39.0 Å². The summed E-state index contributed by atoms with van der Waals surface area (Å²) in [5.41, 5.74) is 2.17. The summed E-state index contributed by atoms with van der Waals surface area (Å²) in [5, 5.41) is 8.06. The van der Waals surface area contributed by atoms with Crippen LogP contribution in [0.15, 0.2) is 60.4 Å². The summed E-state index contributed by atoms with van der Waals surface area (Å²) < 4.78 is 5.05. The molecule has 2 aromatic heterocycles. The van der Waals surface area contributed by atoms with Crippen LogP contribution in [0.5, 0.6) is 0 Å². The molecule has 0 spiro atoms. The van der Waals surface area contributed by atoms with Gasteiger partial charge in [-0.1, -0.05) is 36.4 Å². The molecule has 27 heavy (non-hydrogen) atoms. The number of hydrogen-bond donors (Lipinski definition) is 1. The molecule has 0 unspecified atom stereocenters. The van der Waals surface area contributed by atoms with E-state index in [0.29, 0.717) is 10.9 Å². The van der Waals surface area contributed by atoms with E-state index in [1.54, 1.807) is 6.92 Å². The Morgan fingerprint density at radius 2 is 2.04 bits per heavy atom. The fourth-order valence-electron chi connectivity index (χ4n) is 2.70. The summed E-state index contributed by atoms with van der Waals surface area (Å²) in [6, 6.07) is 14.5. The molecular weight excluding hydrogens is 360 g/mol. The molecule has 1 N–H and O–H groups in total. The van der Waals surface area contributed by atoms with E-state index in [1.165, 1.54) is 29.2 Å². The number of nitrogens with one attached hydrogen (secondary N) is 1. The molecule has 4 aromatic rings. The Hall–Kier alpha value is -3.32. The number of esters is 1. The molecule has 0 aliphatic carbocycles. The molecule has 0 saturated carbocycles. The van der Waals surface area contributed by atoms with Crippen LogP contribution in [0.25, 0.3) is 22.0 Å². The van der Waals surface area contributed by atoms with Crippen molar-refractivity contribution in [3.8, 4) is 11.3 Å². The lowest BCUT2D eigenvalue weighted by Gasteiger charge is -2.07. The number of nitrogens with zero attached hydrogens (tertiary/aromatic N) is 3. The van der Waals surface area contributed by atoms with Crippen molar-refractivity contribution in [3.63, 3.8) is 0 Å². The normalized spacial score (nSPS) is 10.7. The van der Waals surface area contributed by atoms with Gasteiger partial charge < -0.3 is 10.1 Å². The van der Waals surface area contributed by atoms with E-state index in [1.807, 2.05) is 17.5 Å². The first-order valence-corrected chi connectivity index (χ1v) is 9.31. The zero-order chi connectivity index (χ0) is 18.6. The Bertz CT molecular complexity index is 1110. The minimum absolute atomic E-state index is 0.279. The van der Waals surface area contributed by atoms with E-state index in [2.05, 4.69) is 50.6 Å². The predicted molar refractivity (Wildman–Crippen MR) is 106 cm³/mol. The van der Waals surface area contributed by atoms with Crippen molar-refractivity contribution in [1.29, 1.82) is 0 Å². The Labute approximate surface area is 159 Å². The molecule has 6 nitrogen and oxygen atoms in total. The third kappa shape index (κ3) is 3.63. The van der Waals surface area contributed by atoms with Gasteiger partial charge in [0.05, 0.1) is 12.3 Å². The molecule has 4 rings (SSSR count). The SMILES string of the molecule is CCOC(=O)c1cncnc1Nc1nc(-c2ccc3ccccc3c2)cs1. The first kappa shape index (κ1) is 17.1. The summed E-state index contributed by atoms with van der Waals surface area (Å²) in [4.78, 5) is 24.7. The highest BCUT2D eigenvalue weighted by molar-refractivity contribution is 7.14. The van der Waals surface area contributed by atoms with Gasteiger partial charge in [0.15, 0.2) is 5.13 Å². The summed E-state index contributed by atoms with van der Waals surface area (Å²) in [6.45, 7) is 2.04. The van der Waals surface area contributed by atoms with Gasteiger partial charge in [-0.25, -0.2) is 19.7 Å². The van der Waals surface area contributed by atoms with Crippen LogP contribution < -0.4 is 5.32 Å². The highest BCUT2D eigenvalue weighted by Gasteiger charge is 2.15. The molecule has 0 aliphatic rings. The van der Waals surface area contributed by atoms with Crippen LogP contribution >= 0.6 is 11.3 Å². The van der Waals surface area contributed by atoms with Crippen LogP contribution in [-0.4, -0.2) is 27.5 Å². The number of carbonyl (C=O) groups is 1. The van der Waals surface area contributed by atoms with Crippen molar-refractivity contribution in [2.24, 2.45) is 0 Å². The van der Waals surface area contributed by atoms with E-state index < -0.39 is 5.97 Å². The van der Waals surface area contributed by atoms with Gasteiger partial charge in [-0.2, -0.15) is 0 Å². The van der Waals surface area contributed by atoms with E-state index >= 15 is 0 Å². The van der Waals surface area contributed by atoms with Gasteiger partial charge in [-0.3, -0.25) is 0 Å². The van der Waals surface area contributed by atoms with Crippen molar-refractivity contribution < 1.29 is 9.53 Å². The van der Waals surface area contributed by atoms with E-state index in [-0.39, 0.29) is 12.2 Å². The molecule has 0 atom stereocenters. The summed E-state index contributed by atoms with van der Waals surface area (Å²) in [6.07, 6.45) is 2.81. The van der Waals surface area contributed by atoms with E-state index in [0.717, 1.165) is 16.6 Å². The number of fused-ring (bicyclic) bond motifs is 1. The number of hydrogen-bond acceptors (Lipinski definition) is 7. The van der Waals surface area contributed by atoms with Crippen LogP contribution in [0, 0.1) is 0 Å². The first-order valence-electron chi connectivity index (χ1n) is 8.43. The maximum absolute atomic E-state index is 12.0. The molecule has 134 valence electrons. The van der Waals surface area contributed by atoms with Crippen LogP contribution in [0.4, 0.5) is 10.9 Å². The lowest BCUT2D eigenvalue weighted by Crippen LogP contribution is -2.09. The lowest BCUT2D eigenvalue weighted by molar-refractivity contribution is 0.0526. The molecular formula is C20H16N4O2S. The monoisotopic (exact) mass is 376 g/mol. The topological polar surface area (TPSA) is 77.0 Å². The zero-order valence-corrected chi connectivity index (χ0v) is 15.4. The lowest BCUT2D eigenvalue weighted by atomic mass is 10.1. The fourth-order valence-corrected chi connectivity index (χ4v) is 3.42. The number of ether oxygens (including phenoxy) is 1. The third-order valence-electron chi connectivity index (χ3n) is 3.98. The number of anilines is 2. The van der Waals surface area contributed by atoms with Gasteiger partial charge in [0, 0.05) is 17.1 Å². The molecule has 0 fully saturated rings. The predicted octanol–water partition coefficient (Wildman–Crippen LogP) is 4.67. The number of aromatic nitrogens is 3. The minimum atomic E-state index is -0.466. The Morgan fingerprint density at radius 1 is 1.19 bits per heavy atom. The highest BCUT2D eigenvalue weighted by Crippen LogP contribution is 2.29. The number of rotatable bonds is 5. The van der Waals surface area contributed by atoms with Gasteiger partial charge in [-0.15, -0.1) is 11.3 Å². The maximum atomic E-state index is 12.0. The van der Waals surface area contributed by atoms with Gasteiger partial charge >= 0.3 is 5.97 Å². The van der Waals surface area contributed by atoms with Gasteiger partial charge in [0.1, 0.15) is 17.7 Å². The number of thiazole rings is 1. The fraction of sp³-hybridized carbons (Fsp3) is 0.100. The molecule has 7 heteroatoms. The van der Waals surface area contributed by atoms with E-state index in [9.17, 15) is 4.79 Å². The second-order valence-electron chi connectivity index (χ2n) is 5.73. The Morgan fingerprint density at radius 3 is 2.89 bits per heavy atom.